The van der Waals surface area contributed by atoms with E-state index < -0.39 is 0 Å². The van der Waals surface area contributed by atoms with Crippen LogP contribution in [-0.2, 0) is 4.74 Å². The van der Waals surface area contributed by atoms with Gasteiger partial charge in [0.1, 0.15) is 0 Å². The fraction of sp³-hybridized carbons (Fsp3) is 0.611. The highest BCUT2D eigenvalue weighted by molar-refractivity contribution is 14.0. The molecule has 2 N–H and O–H groups in total. The van der Waals surface area contributed by atoms with Gasteiger partial charge in [0, 0.05) is 30.6 Å². The number of hydrogen-bond donors (Lipinski definition) is 2. The second-order valence-electron chi connectivity index (χ2n) is 6.18. The molecule has 0 bridgehead atoms. The highest BCUT2D eigenvalue weighted by atomic mass is 127. The Labute approximate surface area is 171 Å². The Morgan fingerprint density at radius 1 is 1.36 bits per heavy atom. The summed E-state index contributed by atoms with van der Waals surface area (Å²) in [6.45, 7) is 7.37. The fourth-order valence-corrected chi connectivity index (χ4v) is 4.03. The van der Waals surface area contributed by atoms with Crippen LogP contribution in [0.25, 0.3) is 0 Å². The van der Waals surface area contributed by atoms with Crippen LogP contribution in [0, 0.1) is 0 Å². The van der Waals surface area contributed by atoms with E-state index in [4.69, 9.17) is 9.73 Å². The van der Waals surface area contributed by atoms with E-state index >= 15 is 0 Å². The first-order chi connectivity index (χ1) is 11.9. The van der Waals surface area contributed by atoms with E-state index in [1.165, 1.54) is 4.88 Å². The van der Waals surface area contributed by atoms with Crippen LogP contribution < -0.4 is 10.6 Å². The molecule has 0 saturated carbocycles. The lowest BCUT2D eigenvalue weighted by atomic mass is 10.2. The summed E-state index contributed by atoms with van der Waals surface area (Å²) < 4.78 is 5.51. The summed E-state index contributed by atoms with van der Waals surface area (Å²) in [6, 6.07) is 5.17. The number of halogens is 1. The quantitative estimate of drug-likeness (QED) is 0.287. The van der Waals surface area contributed by atoms with Gasteiger partial charge in [-0.15, -0.1) is 35.3 Å². The summed E-state index contributed by atoms with van der Waals surface area (Å²) in [5.41, 5.74) is 0. The SMILES string of the molecule is CCNC(=NCC(c1cccs1)N1CCOCC1)NC1CC=CC1.I. The predicted molar refractivity (Wildman–Crippen MR) is 116 cm³/mol. The molecule has 1 aromatic heterocycles. The Morgan fingerprint density at radius 3 is 2.76 bits per heavy atom. The molecule has 3 rings (SSSR count). The van der Waals surface area contributed by atoms with Crippen LogP contribution in [0.15, 0.2) is 34.7 Å². The molecule has 7 heteroatoms. The van der Waals surface area contributed by atoms with Crippen LogP contribution in [0.3, 0.4) is 0 Å². The van der Waals surface area contributed by atoms with Crippen LogP contribution in [0.4, 0.5) is 0 Å². The third-order valence-electron chi connectivity index (χ3n) is 4.47. The number of nitrogens with one attached hydrogen (secondary N) is 2. The lowest BCUT2D eigenvalue weighted by Crippen LogP contribution is -2.44. The second kappa shape index (κ2) is 11.2. The van der Waals surface area contributed by atoms with Gasteiger partial charge in [0.2, 0.25) is 0 Å². The minimum atomic E-state index is 0. The molecule has 25 heavy (non-hydrogen) atoms. The topological polar surface area (TPSA) is 48.9 Å². The first-order valence-corrected chi connectivity index (χ1v) is 9.80. The van der Waals surface area contributed by atoms with E-state index in [0.29, 0.717) is 12.1 Å². The van der Waals surface area contributed by atoms with Gasteiger partial charge in [-0.1, -0.05) is 18.2 Å². The van der Waals surface area contributed by atoms with Gasteiger partial charge in [-0.2, -0.15) is 0 Å². The van der Waals surface area contributed by atoms with Crippen molar-refractivity contribution in [2.75, 3.05) is 39.4 Å². The zero-order valence-electron chi connectivity index (χ0n) is 14.8. The molecule has 1 aliphatic heterocycles. The maximum Gasteiger partial charge on any atom is 0.191 e. The molecule has 1 atom stereocenters. The Balaban J connectivity index is 0.00000225. The standard InChI is InChI=1S/C18H28N4OS.HI/c1-2-19-18(21-15-6-3-4-7-15)20-14-16(17-8-5-13-24-17)22-9-11-23-12-10-22;/h3-5,8,13,15-16H,2,6-7,9-12,14H2,1H3,(H2,19,20,21);1H. The zero-order chi connectivity index (χ0) is 16.6. The van der Waals surface area contributed by atoms with E-state index in [1.54, 1.807) is 0 Å². The number of hydrogen-bond acceptors (Lipinski definition) is 4. The number of aliphatic imine (C=N–C) groups is 1. The van der Waals surface area contributed by atoms with Crippen molar-refractivity contribution in [2.24, 2.45) is 4.99 Å². The number of morpholine rings is 1. The molecule has 1 fully saturated rings. The van der Waals surface area contributed by atoms with Gasteiger partial charge < -0.3 is 15.4 Å². The van der Waals surface area contributed by atoms with Crippen LogP contribution in [0.2, 0.25) is 0 Å². The zero-order valence-corrected chi connectivity index (χ0v) is 18.0. The van der Waals surface area contributed by atoms with Gasteiger partial charge in [-0.05, 0) is 31.2 Å². The number of thiophene rings is 1. The Bertz CT molecular complexity index is 535. The lowest BCUT2D eigenvalue weighted by molar-refractivity contribution is 0.0186. The summed E-state index contributed by atoms with van der Waals surface area (Å²) in [5, 5.41) is 9.09. The van der Waals surface area contributed by atoms with Crippen molar-refractivity contribution in [1.29, 1.82) is 0 Å². The first-order valence-electron chi connectivity index (χ1n) is 8.92. The highest BCUT2D eigenvalue weighted by Gasteiger charge is 2.23. The Kier molecular flexibility index (Phi) is 9.22. The van der Waals surface area contributed by atoms with Crippen molar-refractivity contribution in [3.05, 3.63) is 34.5 Å². The van der Waals surface area contributed by atoms with Gasteiger partial charge in [0.05, 0.1) is 25.8 Å². The van der Waals surface area contributed by atoms with E-state index in [0.717, 1.165) is 58.2 Å². The average Bonchev–Trinajstić information content (AvgIpc) is 3.30. The third kappa shape index (κ3) is 6.23. The maximum atomic E-state index is 5.51. The van der Waals surface area contributed by atoms with Gasteiger partial charge in [0.25, 0.3) is 0 Å². The summed E-state index contributed by atoms with van der Waals surface area (Å²) in [7, 11) is 0. The smallest absolute Gasteiger partial charge is 0.191 e. The molecule has 1 aliphatic carbocycles. The molecule has 2 aliphatic rings. The van der Waals surface area contributed by atoms with Crippen molar-refractivity contribution >= 4 is 41.3 Å². The minimum Gasteiger partial charge on any atom is -0.379 e. The number of guanidine groups is 1. The monoisotopic (exact) mass is 476 g/mol. The van der Waals surface area contributed by atoms with Gasteiger partial charge in [-0.25, -0.2) is 0 Å². The van der Waals surface area contributed by atoms with Crippen molar-refractivity contribution < 1.29 is 4.74 Å². The van der Waals surface area contributed by atoms with Crippen molar-refractivity contribution in [2.45, 2.75) is 31.8 Å². The molecule has 0 radical (unpaired) electrons. The molecule has 1 unspecified atom stereocenters. The summed E-state index contributed by atoms with van der Waals surface area (Å²) in [4.78, 5) is 8.79. The van der Waals surface area contributed by atoms with E-state index in [2.05, 4.69) is 52.1 Å². The molecule has 0 spiro atoms. The minimum absolute atomic E-state index is 0. The number of nitrogens with zero attached hydrogens (tertiary/aromatic N) is 2. The van der Waals surface area contributed by atoms with Gasteiger partial charge in [0.15, 0.2) is 5.96 Å². The number of ether oxygens (including phenoxy) is 1. The third-order valence-corrected chi connectivity index (χ3v) is 5.45. The van der Waals surface area contributed by atoms with Crippen molar-refractivity contribution in [3.8, 4) is 0 Å². The molecule has 140 valence electrons. The molecule has 1 saturated heterocycles. The first kappa shape index (κ1) is 20.7. The van der Waals surface area contributed by atoms with Crippen LogP contribution >= 0.6 is 35.3 Å². The Morgan fingerprint density at radius 2 is 2.12 bits per heavy atom. The molecule has 0 aromatic carbocycles. The molecule has 5 nitrogen and oxygen atoms in total. The summed E-state index contributed by atoms with van der Waals surface area (Å²) in [5.74, 6) is 0.931. The molecular weight excluding hydrogens is 447 g/mol. The van der Waals surface area contributed by atoms with Crippen LogP contribution in [0.1, 0.15) is 30.7 Å². The molecule has 1 aromatic rings. The lowest BCUT2D eigenvalue weighted by Gasteiger charge is -2.33. The molecular formula is C18H29IN4OS. The van der Waals surface area contributed by atoms with Gasteiger partial charge >= 0.3 is 0 Å². The molecule has 0 amide bonds. The summed E-state index contributed by atoms with van der Waals surface area (Å²) in [6.07, 6.45) is 6.65. The van der Waals surface area contributed by atoms with Crippen molar-refractivity contribution in [1.82, 2.24) is 15.5 Å². The summed E-state index contributed by atoms with van der Waals surface area (Å²) >= 11 is 1.82. The van der Waals surface area contributed by atoms with Crippen LogP contribution in [-0.4, -0.2) is 56.3 Å². The largest absolute Gasteiger partial charge is 0.379 e. The maximum absolute atomic E-state index is 5.51. The number of rotatable bonds is 6. The normalized spacial score (nSPS) is 20.3. The van der Waals surface area contributed by atoms with E-state index in [9.17, 15) is 0 Å². The molecule has 2 heterocycles. The van der Waals surface area contributed by atoms with E-state index in [1.807, 2.05) is 11.3 Å². The van der Waals surface area contributed by atoms with Gasteiger partial charge in [-0.3, -0.25) is 9.89 Å². The second-order valence-corrected chi connectivity index (χ2v) is 7.16. The fourth-order valence-electron chi connectivity index (χ4n) is 3.18. The Hall–Kier alpha value is -0.640. The highest BCUT2D eigenvalue weighted by Crippen LogP contribution is 2.26. The van der Waals surface area contributed by atoms with E-state index in [-0.39, 0.29) is 24.0 Å². The average molecular weight is 476 g/mol. The predicted octanol–water partition coefficient (Wildman–Crippen LogP) is 3.01. The van der Waals surface area contributed by atoms with Crippen LogP contribution in [0.5, 0.6) is 0 Å². The van der Waals surface area contributed by atoms with Crippen molar-refractivity contribution in [3.63, 3.8) is 0 Å².